The number of benzene rings is 1. The van der Waals surface area contributed by atoms with E-state index in [0.717, 1.165) is 35.7 Å². The second-order valence-corrected chi connectivity index (χ2v) is 7.88. The van der Waals surface area contributed by atoms with Gasteiger partial charge in [0, 0.05) is 18.9 Å². The van der Waals surface area contributed by atoms with Gasteiger partial charge in [-0.3, -0.25) is 4.98 Å². The maximum Gasteiger partial charge on any atom is 0.174 e. The fraction of sp³-hybridized carbons (Fsp3) is 0.250. The van der Waals surface area contributed by atoms with Crippen LogP contribution in [0.3, 0.4) is 0 Å². The van der Waals surface area contributed by atoms with Crippen molar-refractivity contribution >= 4 is 12.2 Å². The molecule has 1 aromatic carbocycles. The van der Waals surface area contributed by atoms with Crippen LogP contribution in [0.25, 0.3) is 17.8 Å². The predicted molar refractivity (Wildman–Crippen MR) is 120 cm³/mol. The SMILES string of the molecule is COc1cc(/C=C/c2nc3n(n2)CCCC3(O)c2ccccn2)ccc1-n1cnc(C)c1. The van der Waals surface area contributed by atoms with Crippen LogP contribution in [-0.2, 0) is 12.1 Å². The summed E-state index contributed by atoms with van der Waals surface area (Å²) in [6.07, 6.45) is 10.6. The zero-order chi connectivity index (χ0) is 22.1. The number of aliphatic hydroxyl groups is 1. The van der Waals surface area contributed by atoms with E-state index < -0.39 is 5.60 Å². The van der Waals surface area contributed by atoms with Crippen molar-refractivity contribution in [2.45, 2.75) is 31.9 Å². The number of imidazole rings is 1. The number of aryl methyl sites for hydroxylation is 2. The van der Waals surface area contributed by atoms with Crippen LogP contribution in [0.5, 0.6) is 5.75 Å². The molecule has 1 unspecified atom stereocenters. The van der Waals surface area contributed by atoms with Crippen molar-refractivity contribution in [1.29, 1.82) is 0 Å². The summed E-state index contributed by atoms with van der Waals surface area (Å²) < 4.78 is 9.30. The molecule has 0 radical (unpaired) electrons. The summed E-state index contributed by atoms with van der Waals surface area (Å²) in [7, 11) is 1.65. The minimum absolute atomic E-state index is 0.533. The molecule has 0 saturated carbocycles. The number of nitrogens with zero attached hydrogens (tertiary/aromatic N) is 6. The summed E-state index contributed by atoms with van der Waals surface area (Å²) >= 11 is 0. The number of fused-ring (bicyclic) bond motifs is 1. The minimum atomic E-state index is -1.23. The zero-order valence-electron chi connectivity index (χ0n) is 18.0. The van der Waals surface area contributed by atoms with Crippen molar-refractivity contribution in [3.05, 3.63) is 83.7 Å². The molecule has 1 N–H and O–H groups in total. The number of hydrogen-bond acceptors (Lipinski definition) is 6. The van der Waals surface area contributed by atoms with E-state index in [1.165, 1.54) is 0 Å². The zero-order valence-corrected chi connectivity index (χ0v) is 18.0. The Morgan fingerprint density at radius 2 is 2.06 bits per heavy atom. The van der Waals surface area contributed by atoms with Gasteiger partial charge in [0.05, 0.1) is 30.5 Å². The van der Waals surface area contributed by atoms with Crippen LogP contribution in [0.15, 0.2) is 55.1 Å². The molecule has 8 heteroatoms. The number of hydrogen-bond donors (Lipinski definition) is 1. The normalized spacial score (nSPS) is 18.1. The quantitative estimate of drug-likeness (QED) is 0.524. The Morgan fingerprint density at radius 1 is 1.16 bits per heavy atom. The Bertz CT molecular complexity index is 1280. The molecule has 0 amide bonds. The van der Waals surface area contributed by atoms with E-state index in [4.69, 9.17) is 4.74 Å². The van der Waals surface area contributed by atoms with Gasteiger partial charge in [-0.05, 0) is 55.7 Å². The number of rotatable bonds is 5. The number of methoxy groups -OCH3 is 1. The Balaban J connectivity index is 1.44. The first-order valence-corrected chi connectivity index (χ1v) is 10.5. The lowest BCUT2D eigenvalue weighted by atomic mass is 9.90. The summed E-state index contributed by atoms with van der Waals surface area (Å²) in [6, 6.07) is 11.5. The van der Waals surface area contributed by atoms with E-state index in [0.29, 0.717) is 23.8 Å². The number of ether oxygens (including phenoxy) is 1. The van der Waals surface area contributed by atoms with E-state index in [-0.39, 0.29) is 0 Å². The summed E-state index contributed by atoms with van der Waals surface area (Å²) in [4.78, 5) is 13.3. The van der Waals surface area contributed by atoms with Gasteiger partial charge in [-0.15, -0.1) is 0 Å². The standard InChI is InChI=1S/C24H24N6O2/c1-17-15-29(16-26-17)19-9-7-18(14-20(19)32-2)8-10-22-27-23-24(31,11-5-13-30(23)28-22)21-6-3-4-12-25-21/h3-4,6-10,12,14-16,31H,5,11,13H2,1-2H3/b10-8+. The second-order valence-electron chi connectivity index (χ2n) is 7.88. The van der Waals surface area contributed by atoms with E-state index in [1.54, 1.807) is 24.3 Å². The predicted octanol–water partition coefficient (Wildman–Crippen LogP) is 3.38. The second kappa shape index (κ2) is 8.05. The molecule has 8 nitrogen and oxygen atoms in total. The molecule has 3 aromatic heterocycles. The lowest BCUT2D eigenvalue weighted by Crippen LogP contribution is -2.36. The molecule has 1 aliphatic heterocycles. The van der Waals surface area contributed by atoms with Crippen molar-refractivity contribution in [3.63, 3.8) is 0 Å². The lowest BCUT2D eigenvalue weighted by molar-refractivity contribution is 0.0354. The summed E-state index contributed by atoms with van der Waals surface area (Å²) in [5, 5.41) is 16.0. The van der Waals surface area contributed by atoms with Gasteiger partial charge in [0.2, 0.25) is 0 Å². The highest BCUT2D eigenvalue weighted by Crippen LogP contribution is 2.35. The molecule has 1 atom stereocenters. The first-order valence-electron chi connectivity index (χ1n) is 10.5. The third kappa shape index (κ3) is 3.58. The topological polar surface area (TPSA) is 90.9 Å². The van der Waals surface area contributed by atoms with Crippen LogP contribution in [0.1, 0.15) is 41.4 Å². The highest BCUT2D eigenvalue weighted by atomic mass is 16.5. The number of aromatic nitrogens is 6. The van der Waals surface area contributed by atoms with E-state index >= 15 is 0 Å². The van der Waals surface area contributed by atoms with Gasteiger partial charge >= 0.3 is 0 Å². The van der Waals surface area contributed by atoms with Crippen LogP contribution in [-0.4, -0.2) is 41.5 Å². The van der Waals surface area contributed by atoms with E-state index in [9.17, 15) is 5.11 Å². The van der Waals surface area contributed by atoms with Crippen LogP contribution in [0.4, 0.5) is 0 Å². The summed E-state index contributed by atoms with van der Waals surface area (Å²) in [5.41, 5.74) is 2.18. The van der Waals surface area contributed by atoms with Crippen LogP contribution in [0.2, 0.25) is 0 Å². The smallest absolute Gasteiger partial charge is 0.174 e. The lowest BCUT2D eigenvalue weighted by Gasteiger charge is -2.30. The van der Waals surface area contributed by atoms with Crippen molar-refractivity contribution < 1.29 is 9.84 Å². The first-order chi connectivity index (χ1) is 15.6. The maximum absolute atomic E-state index is 11.4. The molecule has 0 aliphatic carbocycles. The van der Waals surface area contributed by atoms with E-state index in [1.807, 2.05) is 66.2 Å². The average molecular weight is 428 g/mol. The Hall–Kier alpha value is -3.78. The van der Waals surface area contributed by atoms with Gasteiger partial charge in [-0.1, -0.05) is 18.2 Å². The van der Waals surface area contributed by atoms with Crippen LogP contribution < -0.4 is 4.74 Å². The largest absolute Gasteiger partial charge is 0.495 e. The van der Waals surface area contributed by atoms with Crippen molar-refractivity contribution in [2.24, 2.45) is 0 Å². The fourth-order valence-corrected chi connectivity index (χ4v) is 4.07. The molecule has 32 heavy (non-hydrogen) atoms. The minimum Gasteiger partial charge on any atom is -0.495 e. The Labute approximate surface area is 185 Å². The molecular formula is C24H24N6O2. The summed E-state index contributed by atoms with van der Waals surface area (Å²) in [6.45, 7) is 2.67. The third-order valence-corrected chi connectivity index (χ3v) is 5.67. The van der Waals surface area contributed by atoms with Crippen molar-refractivity contribution in [2.75, 3.05) is 7.11 Å². The third-order valence-electron chi connectivity index (χ3n) is 5.67. The monoisotopic (exact) mass is 428 g/mol. The molecule has 4 heterocycles. The Kier molecular flexibility index (Phi) is 5.07. The van der Waals surface area contributed by atoms with Gasteiger partial charge in [-0.25, -0.2) is 14.6 Å². The first kappa shape index (κ1) is 20.1. The highest BCUT2D eigenvalue weighted by molar-refractivity contribution is 5.69. The average Bonchev–Trinajstić information content (AvgIpc) is 3.45. The molecule has 162 valence electrons. The van der Waals surface area contributed by atoms with Crippen molar-refractivity contribution in [1.82, 2.24) is 29.3 Å². The number of pyridine rings is 1. The van der Waals surface area contributed by atoms with Gasteiger partial charge < -0.3 is 14.4 Å². The van der Waals surface area contributed by atoms with Crippen LogP contribution >= 0.6 is 0 Å². The highest BCUT2D eigenvalue weighted by Gasteiger charge is 2.40. The maximum atomic E-state index is 11.4. The molecule has 4 aromatic rings. The fourth-order valence-electron chi connectivity index (χ4n) is 4.07. The molecule has 0 spiro atoms. The molecule has 0 bridgehead atoms. The van der Waals surface area contributed by atoms with Gasteiger partial charge in [-0.2, -0.15) is 5.10 Å². The van der Waals surface area contributed by atoms with Crippen LogP contribution in [0, 0.1) is 6.92 Å². The molecule has 0 fully saturated rings. The van der Waals surface area contributed by atoms with E-state index in [2.05, 4.69) is 20.1 Å². The van der Waals surface area contributed by atoms with Gasteiger partial charge in [0.25, 0.3) is 0 Å². The van der Waals surface area contributed by atoms with Crippen molar-refractivity contribution in [3.8, 4) is 11.4 Å². The summed E-state index contributed by atoms with van der Waals surface area (Å²) in [5.74, 6) is 1.82. The molecular weight excluding hydrogens is 404 g/mol. The molecule has 1 aliphatic rings. The molecule has 5 rings (SSSR count). The Morgan fingerprint density at radius 3 is 2.81 bits per heavy atom. The van der Waals surface area contributed by atoms with Gasteiger partial charge in [0.1, 0.15) is 5.75 Å². The van der Waals surface area contributed by atoms with Gasteiger partial charge in [0.15, 0.2) is 17.2 Å². The molecule has 0 saturated heterocycles.